The maximum atomic E-state index is 12.6. The van der Waals surface area contributed by atoms with Crippen LogP contribution in [0.4, 0.5) is 0 Å². The predicted molar refractivity (Wildman–Crippen MR) is 100 cm³/mol. The van der Waals surface area contributed by atoms with Crippen molar-refractivity contribution < 1.29 is 27.9 Å². The number of aromatic nitrogens is 2. The van der Waals surface area contributed by atoms with Gasteiger partial charge in [-0.3, -0.25) is 14.3 Å². The lowest BCUT2D eigenvalue weighted by atomic mass is 9.97. The number of ether oxygens (including phenoxy) is 2. The van der Waals surface area contributed by atoms with Gasteiger partial charge < -0.3 is 23.1 Å². The minimum atomic E-state index is -3.82. The van der Waals surface area contributed by atoms with E-state index in [4.69, 9.17) is 13.8 Å². The molecule has 0 amide bonds. The number of H-pyrrole nitrogens is 1. The van der Waals surface area contributed by atoms with E-state index in [0.717, 1.165) is 26.4 Å². The van der Waals surface area contributed by atoms with Gasteiger partial charge in [-0.05, 0) is 31.6 Å². The first-order chi connectivity index (χ1) is 13.3. The van der Waals surface area contributed by atoms with Crippen LogP contribution in [0.2, 0.25) is 0 Å². The summed E-state index contributed by atoms with van der Waals surface area (Å²) in [4.78, 5) is 37.9. The van der Waals surface area contributed by atoms with Gasteiger partial charge in [-0.15, -0.1) is 0 Å². The van der Waals surface area contributed by atoms with Gasteiger partial charge in [0.25, 0.3) is 11.4 Å². The van der Waals surface area contributed by atoms with Crippen LogP contribution < -0.4 is 11.2 Å². The second-order valence-electron chi connectivity index (χ2n) is 6.79. The Kier molecular flexibility index (Phi) is 7.77. The number of aryl methyl sites for hydroxylation is 1. The molecule has 1 saturated carbocycles. The zero-order valence-electron chi connectivity index (χ0n) is 16.5. The fraction of sp³-hybridized carbons (Fsp3) is 0.706. The van der Waals surface area contributed by atoms with Crippen molar-refractivity contribution in [2.24, 2.45) is 11.8 Å². The van der Waals surface area contributed by atoms with E-state index >= 15 is 0 Å². The molecule has 1 fully saturated rings. The summed E-state index contributed by atoms with van der Waals surface area (Å²) >= 11 is 0. The Bertz CT molecular complexity index is 840. The number of nitrogens with one attached hydrogen (secondary N) is 1. The number of hydrogen-bond donors (Lipinski definition) is 1. The number of carbonyl (C=O) groups excluding carboxylic acids is 1. The highest BCUT2D eigenvalue weighted by molar-refractivity contribution is 7.55. The first-order valence-electron chi connectivity index (χ1n) is 8.96. The van der Waals surface area contributed by atoms with Crippen LogP contribution in [-0.4, -0.2) is 49.3 Å². The Morgan fingerprint density at radius 1 is 1.25 bits per heavy atom. The third-order valence-corrected chi connectivity index (χ3v) is 7.06. The van der Waals surface area contributed by atoms with Gasteiger partial charge in [0.1, 0.15) is 0 Å². The smallest absolute Gasteiger partial charge is 0.370 e. The Hall–Kier alpha value is -1.74. The highest BCUT2D eigenvalue weighted by Crippen LogP contribution is 2.52. The summed E-state index contributed by atoms with van der Waals surface area (Å²) in [6.07, 6.45) is 4.18. The molecule has 0 saturated heterocycles. The molecule has 1 aromatic heterocycles. The summed E-state index contributed by atoms with van der Waals surface area (Å²) in [6.45, 7) is 2.19. The highest BCUT2D eigenvalue weighted by atomic mass is 31.2. The van der Waals surface area contributed by atoms with Crippen LogP contribution in [0.5, 0.6) is 0 Å². The van der Waals surface area contributed by atoms with Gasteiger partial charge >= 0.3 is 19.3 Å². The van der Waals surface area contributed by atoms with Crippen LogP contribution in [0.15, 0.2) is 15.8 Å². The van der Waals surface area contributed by atoms with Gasteiger partial charge in [0.05, 0.1) is 13.7 Å². The van der Waals surface area contributed by atoms with E-state index in [1.807, 2.05) is 0 Å². The second-order valence-corrected chi connectivity index (χ2v) is 9.07. The first kappa shape index (κ1) is 22.5. The molecular weight excluding hydrogens is 391 g/mol. The van der Waals surface area contributed by atoms with Crippen molar-refractivity contribution in [1.29, 1.82) is 0 Å². The lowest BCUT2D eigenvalue weighted by molar-refractivity contribution is -0.150. The predicted octanol–water partition coefficient (Wildman–Crippen LogP) is 1.26. The number of esters is 1. The molecule has 10 nitrogen and oxygen atoms in total. The van der Waals surface area contributed by atoms with Gasteiger partial charge in [-0.2, -0.15) is 0 Å². The molecule has 1 heterocycles. The van der Waals surface area contributed by atoms with E-state index in [0.29, 0.717) is 12.1 Å². The van der Waals surface area contributed by atoms with Crippen molar-refractivity contribution in [3.63, 3.8) is 0 Å². The summed E-state index contributed by atoms with van der Waals surface area (Å²) in [5, 5.41) is 0. The zero-order valence-corrected chi connectivity index (χ0v) is 17.4. The number of rotatable bonds is 9. The van der Waals surface area contributed by atoms with Crippen LogP contribution >= 0.6 is 7.60 Å². The highest BCUT2D eigenvalue weighted by Gasteiger charge is 2.43. The Balaban J connectivity index is 2.11. The van der Waals surface area contributed by atoms with Gasteiger partial charge in [-0.1, -0.05) is 6.42 Å². The number of carbonyl (C=O) groups is 1. The lowest BCUT2D eigenvalue weighted by Crippen LogP contribution is -2.34. The fourth-order valence-electron chi connectivity index (χ4n) is 3.45. The number of methoxy groups -OCH3 is 1. The Morgan fingerprint density at radius 3 is 2.50 bits per heavy atom. The number of hydrogen-bond acceptors (Lipinski definition) is 8. The first-order valence-corrected chi connectivity index (χ1v) is 10.6. The molecule has 11 heteroatoms. The summed E-state index contributed by atoms with van der Waals surface area (Å²) < 4.78 is 34.1. The van der Waals surface area contributed by atoms with E-state index in [-0.39, 0.29) is 18.4 Å². The van der Waals surface area contributed by atoms with Gasteiger partial charge in [0.15, 0.2) is 0 Å². The van der Waals surface area contributed by atoms with Crippen molar-refractivity contribution in [1.82, 2.24) is 9.55 Å². The molecule has 0 bridgehead atoms. The van der Waals surface area contributed by atoms with Crippen molar-refractivity contribution in [3.8, 4) is 0 Å². The second kappa shape index (κ2) is 9.65. The third kappa shape index (κ3) is 5.00. The molecule has 3 unspecified atom stereocenters. The van der Waals surface area contributed by atoms with E-state index in [1.54, 1.807) is 13.1 Å². The van der Waals surface area contributed by atoms with Crippen LogP contribution in [-0.2, 0) is 34.4 Å². The van der Waals surface area contributed by atoms with E-state index in [1.165, 1.54) is 18.8 Å². The molecule has 158 valence electrons. The molecular formula is C17H27N2O8P. The molecule has 3 atom stereocenters. The monoisotopic (exact) mass is 418 g/mol. The molecule has 0 aromatic carbocycles. The standard InChI is InChI=1S/C17H27N2O8P/c1-11-8-19(17(22)18-14(11)20)9-12-6-5-7-13(12)10-27-16(15(21)24-2)28(23,25-3)26-4/h8,12-13,16H,5-7,9-10H2,1-4H3,(H,18,20,22). The van der Waals surface area contributed by atoms with Crippen molar-refractivity contribution in [2.45, 2.75) is 38.6 Å². The lowest BCUT2D eigenvalue weighted by Gasteiger charge is -2.26. The summed E-state index contributed by atoms with van der Waals surface area (Å²) in [5.41, 5.74) is -0.404. The molecule has 1 aliphatic rings. The van der Waals surface area contributed by atoms with Crippen LogP contribution in [0.1, 0.15) is 24.8 Å². The van der Waals surface area contributed by atoms with Gasteiger partial charge in [0, 0.05) is 32.5 Å². The van der Waals surface area contributed by atoms with E-state index in [9.17, 15) is 18.9 Å². The quantitative estimate of drug-likeness (QED) is 0.469. The van der Waals surface area contributed by atoms with E-state index < -0.39 is 30.7 Å². The number of aromatic amines is 1. The van der Waals surface area contributed by atoms with Crippen molar-refractivity contribution >= 4 is 13.6 Å². The molecule has 0 spiro atoms. The number of nitrogens with zero attached hydrogens (tertiary/aromatic N) is 1. The van der Waals surface area contributed by atoms with Crippen LogP contribution in [0.3, 0.4) is 0 Å². The molecule has 0 aliphatic heterocycles. The summed E-state index contributed by atoms with van der Waals surface area (Å²) in [7, 11) is -0.307. The molecule has 0 radical (unpaired) electrons. The van der Waals surface area contributed by atoms with Crippen molar-refractivity contribution in [3.05, 3.63) is 32.6 Å². The third-order valence-electron chi connectivity index (χ3n) is 5.10. The minimum absolute atomic E-state index is 0.0356. The Morgan fingerprint density at radius 2 is 1.89 bits per heavy atom. The van der Waals surface area contributed by atoms with Gasteiger partial charge in [-0.25, -0.2) is 9.59 Å². The van der Waals surface area contributed by atoms with Crippen LogP contribution in [0.25, 0.3) is 0 Å². The fourth-order valence-corrected chi connectivity index (χ4v) is 4.61. The maximum Gasteiger partial charge on any atom is 0.370 e. The topological polar surface area (TPSA) is 126 Å². The molecule has 28 heavy (non-hydrogen) atoms. The average molecular weight is 418 g/mol. The Labute approximate surface area is 162 Å². The normalized spacial score (nSPS) is 20.9. The maximum absolute atomic E-state index is 12.6. The molecule has 1 aliphatic carbocycles. The largest absolute Gasteiger partial charge is 0.467 e. The average Bonchev–Trinajstić information content (AvgIpc) is 3.12. The van der Waals surface area contributed by atoms with E-state index in [2.05, 4.69) is 9.72 Å². The van der Waals surface area contributed by atoms with Crippen molar-refractivity contribution in [2.75, 3.05) is 27.9 Å². The van der Waals surface area contributed by atoms with Crippen LogP contribution in [0, 0.1) is 18.8 Å². The molecule has 1 aromatic rings. The summed E-state index contributed by atoms with van der Waals surface area (Å²) in [6, 6.07) is 0. The SMILES string of the molecule is COC(=O)C(OCC1CCCC1Cn1cc(C)c(=O)[nH]c1=O)P(=O)(OC)OC. The zero-order chi connectivity index (χ0) is 20.9. The van der Waals surface area contributed by atoms with Gasteiger partial charge in [0.2, 0.25) is 0 Å². The molecule has 2 rings (SSSR count). The minimum Gasteiger partial charge on any atom is -0.467 e. The summed E-state index contributed by atoms with van der Waals surface area (Å²) in [5.74, 6) is -2.18. The molecule has 1 N–H and O–H groups in total.